The van der Waals surface area contributed by atoms with Gasteiger partial charge < -0.3 is 10.0 Å². The van der Waals surface area contributed by atoms with Crippen molar-refractivity contribution in [3.05, 3.63) is 16.1 Å². The smallest absolute Gasteiger partial charge is 0.228 e. The summed E-state index contributed by atoms with van der Waals surface area (Å²) in [6.45, 7) is 8.20. The minimum Gasteiger partial charge on any atom is -0.389 e. The van der Waals surface area contributed by atoms with Gasteiger partial charge in [-0.3, -0.25) is 4.79 Å². The van der Waals surface area contributed by atoms with E-state index in [4.69, 9.17) is 0 Å². The number of hydrogen-bond acceptors (Lipinski definition) is 4. The maximum absolute atomic E-state index is 12.0. The quantitative estimate of drug-likeness (QED) is 0.871. The summed E-state index contributed by atoms with van der Waals surface area (Å²) in [5.74, 6) is 0.0138. The lowest BCUT2D eigenvalue weighted by molar-refractivity contribution is -0.133. The van der Waals surface area contributed by atoms with Gasteiger partial charge in [0.2, 0.25) is 5.91 Å². The zero-order valence-electron chi connectivity index (χ0n) is 10.9. The molecule has 0 aliphatic heterocycles. The highest BCUT2D eigenvalue weighted by Crippen LogP contribution is 2.11. The summed E-state index contributed by atoms with van der Waals surface area (Å²) in [5.41, 5.74) is -0.0457. The zero-order chi connectivity index (χ0) is 13.1. The Balaban J connectivity index is 2.61. The molecule has 1 aromatic heterocycles. The van der Waals surface area contributed by atoms with Crippen molar-refractivity contribution in [3.63, 3.8) is 0 Å². The van der Waals surface area contributed by atoms with Crippen LogP contribution in [0, 0.1) is 6.92 Å². The molecule has 0 atom stereocenters. The molecule has 0 spiro atoms. The molecule has 5 heteroatoms. The van der Waals surface area contributed by atoms with Crippen molar-refractivity contribution in [2.45, 2.75) is 39.7 Å². The molecule has 0 unspecified atom stereocenters. The van der Waals surface area contributed by atoms with E-state index < -0.39 is 5.60 Å². The maximum Gasteiger partial charge on any atom is 0.228 e. The van der Waals surface area contributed by atoms with Crippen LogP contribution in [0.3, 0.4) is 0 Å². The number of aliphatic hydroxyl groups is 1. The Hall–Kier alpha value is -0.940. The second kappa shape index (κ2) is 5.60. The standard InChI is InChI=1S/C12H20N2O2S/c1-5-14(8-12(3,4)16)11(15)6-10-7-17-9(2)13-10/h7,16H,5-6,8H2,1-4H3. The number of carbonyl (C=O) groups excluding carboxylic acids is 1. The Bertz CT molecular complexity index is 382. The highest BCUT2D eigenvalue weighted by atomic mass is 32.1. The number of aryl methyl sites for hydroxylation is 1. The first kappa shape index (κ1) is 14.1. The number of likely N-dealkylation sites (N-methyl/N-ethyl adjacent to an activating group) is 1. The van der Waals surface area contributed by atoms with Crippen molar-refractivity contribution >= 4 is 17.2 Å². The number of aromatic nitrogens is 1. The molecule has 0 saturated carbocycles. The molecule has 96 valence electrons. The molecule has 0 aliphatic carbocycles. The minimum absolute atomic E-state index is 0.0138. The van der Waals surface area contributed by atoms with Gasteiger partial charge in [0.1, 0.15) is 0 Å². The SMILES string of the molecule is CCN(CC(C)(C)O)C(=O)Cc1csc(C)n1. The summed E-state index contributed by atoms with van der Waals surface area (Å²) in [4.78, 5) is 17.9. The minimum atomic E-state index is -0.857. The molecule has 1 rings (SSSR count). The van der Waals surface area contributed by atoms with Gasteiger partial charge in [0.15, 0.2) is 0 Å². The molecule has 0 fully saturated rings. The van der Waals surface area contributed by atoms with Crippen LogP contribution in [0.4, 0.5) is 0 Å². The molecular weight excluding hydrogens is 236 g/mol. The average Bonchev–Trinajstić information content (AvgIpc) is 2.59. The van der Waals surface area contributed by atoms with Crippen LogP contribution in [0.25, 0.3) is 0 Å². The summed E-state index contributed by atoms with van der Waals surface area (Å²) >= 11 is 1.55. The lowest BCUT2D eigenvalue weighted by Crippen LogP contribution is -2.42. The Morgan fingerprint density at radius 1 is 1.59 bits per heavy atom. The normalized spacial score (nSPS) is 11.6. The van der Waals surface area contributed by atoms with E-state index in [0.29, 0.717) is 19.5 Å². The van der Waals surface area contributed by atoms with Crippen LogP contribution in [-0.2, 0) is 11.2 Å². The number of amides is 1. The Morgan fingerprint density at radius 2 is 2.24 bits per heavy atom. The van der Waals surface area contributed by atoms with Crippen molar-refractivity contribution in [1.29, 1.82) is 0 Å². The topological polar surface area (TPSA) is 53.4 Å². The predicted molar refractivity (Wildman–Crippen MR) is 69.1 cm³/mol. The molecule has 0 aliphatic rings. The number of carbonyl (C=O) groups is 1. The second-order valence-electron chi connectivity index (χ2n) is 4.75. The first-order chi connectivity index (χ1) is 7.81. The van der Waals surface area contributed by atoms with E-state index in [1.807, 2.05) is 19.2 Å². The lowest BCUT2D eigenvalue weighted by atomic mass is 10.1. The van der Waals surface area contributed by atoms with E-state index in [-0.39, 0.29) is 5.91 Å². The third-order valence-electron chi connectivity index (χ3n) is 2.31. The molecule has 0 saturated heterocycles. The van der Waals surface area contributed by atoms with Crippen LogP contribution in [0.5, 0.6) is 0 Å². The number of hydrogen-bond donors (Lipinski definition) is 1. The highest BCUT2D eigenvalue weighted by molar-refractivity contribution is 7.09. The Morgan fingerprint density at radius 3 is 2.65 bits per heavy atom. The summed E-state index contributed by atoms with van der Waals surface area (Å²) < 4.78 is 0. The molecule has 1 N–H and O–H groups in total. The molecular formula is C12H20N2O2S. The average molecular weight is 256 g/mol. The first-order valence-electron chi connectivity index (χ1n) is 5.73. The van der Waals surface area contributed by atoms with E-state index in [1.165, 1.54) is 0 Å². The van der Waals surface area contributed by atoms with Crippen molar-refractivity contribution in [2.24, 2.45) is 0 Å². The van der Waals surface area contributed by atoms with Crippen molar-refractivity contribution in [1.82, 2.24) is 9.88 Å². The van der Waals surface area contributed by atoms with Crippen molar-refractivity contribution in [3.8, 4) is 0 Å². The third kappa shape index (κ3) is 4.83. The van der Waals surface area contributed by atoms with Crippen LogP contribution in [-0.4, -0.2) is 39.6 Å². The van der Waals surface area contributed by atoms with Gasteiger partial charge in [-0.2, -0.15) is 0 Å². The molecule has 1 amide bonds. The first-order valence-corrected chi connectivity index (χ1v) is 6.61. The van der Waals surface area contributed by atoms with Crippen LogP contribution in [0.2, 0.25) is 0 Å². The molecule has 0 aromatic carbocycles. The molecule has 1 aromatic rings. The Labute approximate surface area is 106 Å². The molecule has 4 nitrogen and oxygen atoms in total. The van der Waals surface area contributed by atoms with Gasteiger partial charge in [-0.1, -0.05) is 0 Å². The van der Waals surface area contributed by atoms with Gasteiger partial charge in [0, 0.05) is 18.5 Å². The fraction of sp³-hybridized carbons (Fsp3) is 0.667. The summed E-state index contributed by atoms with van der Waals surface area (Å²) in [5, 5.41) is 12.6. The maximum atomic E-state index is 12.0. The summed E-state index contributed by atoms with van der Waals surface area (Å²) in [6.07, 6.45) is 0.314. The molecule has 17 heavy (non-hydrogen) atoms. The van der Waals surface area contributed by atoms with Crippen molar-refractivity contribution in [2.75, 3.05) is 13.1 Å². The second-order valence-corrected chi connectivity index (χ2v) is 5.82. The fourth-order valence-corrected chi connectivity index (χ4v) is 2.21. The highest BCUT2D eigenvalue weighted by Gasteiger charge is 2.21. The zero-order valence-corrected chi connectivity index (χ0v) is 11.7. The van der Waals surface area contributed by atoms with Gasteiger partial charge in [-0.05, 0) is 27.7 Å². The van der Waals surface area contributed by atoms with E-state index >= 15 is 0 Å². The third-order valence-corrected chi connectivity index (χ3v) is 3.13. The van der Waals surface area contributed by atoms with Gasteiger partial charge >= 0.3 is 0 Å². The van der Waals surface area contributed by atoms with E-state index in [2.05, 4.69) is 4.98 Å². The predicted octanol–water partition coefficient (Wildman–Crippen LogP) is 1.61. The molecule has 0 radical (unpaired) electrons. The number of rotatable bonds is 5. The number of thiazole rings is 1. The van der Waals surface area contributed by atoms with Crippen LogP contribution in [0.15, 0.2) is 5.38 Å². The Kier molecular flexibility index (Phi) is 4.65. The number of nitrogens with zero attached hydrogens (tertiary/aromatic N) is 2. The van der Waals surface area contributed by atoms with Crippen LogP contribution < -0.4 is 0 Å². The van der Waals surface area contributed by atoms with Crippen molar-refractivity contribution < 1.29 is 9.90 Å². The van der Waals surface area contributed by atoms with Gasteiger partial charge in [0.05, 0.1) is 22.7 Å². The summed E-state index contributed by atoms with van der Waals surface area (Å²) in [7, 11) is 0. The molecule has 1 heterocycles. The van der Waals surface area contributed by atoms with Gasteiger partial charge in [-0.15, -0.1) is 11.3 Å². The fourth-order valence-electron chi connectivity index (χ4n) is 1.60. The molecule has 0 bridgehead atoms. The van der Waals surface area contributed by atoms with E-state index in [0.717, 1.165) is 10.7 Å². The summed E-state index contributed by atoms with van der Waals surface area (Å²) in [6, 6.07) is 0. The van der Waals surface area contributed by atoms with Crippen LogP contribution >= 0.6 is 11.3 Å². The van der Waals surface area contributed by atoms with Gasteiger partial charge in [-0.25, -0.2) is 4.98 Å². The lowest BCUT2D eigenvalue weighted by Gasteiger charge is -2.28. The van der Waals surface area contributed by atoms with Crippen LogP contribution in [0.1, 0.15) is 31.5 Å². The van der Waals surface area contributed by atoms with Gasteiger partial charge in [0.25, 0.3) is 0 Å². The van der Waals surface area contributed by atoms with E-state index in [1.54, 1.807) is 30.1 Å². The largest absolute Gasteiger partial charge is 0.389 e. The van der Waals surface area contributed by atoms with E-state index in [9.17, 15) is 9.90 Å². The monoisotopic (exact) mass is 256 g/mol.